The van der Waals surface area contributed by atoms with Gasteiger partial charge in [0.1, 0.15) is 0 Å². The number of amides is 3. The van der Waals surface area contributed by atoms with E-state index < -0.39 is 0 Å². The highest BCUT2D eigenvalue weighted by molar-refractivity contribution is 5.83. The first kappa shape index (κ1) is 20.1. The van der Waals surface area contributed by atoms with E-state index in [-0.39, 0.29) is 35.4 Å². The Balaban J connectivity index is 1.19. The second-order valence-electron chi connectivity index (χ2n) is 10.7. The summed E-state index contributed by atoms with van der Waals surface area (Å²) in [6.07, 6.45) is 7.93. The lowest BCUT2D eigenvalue weighted by molar-refractivity contribution is -0.163. The molecule has 4 saturated carbocycles. The molecule has 6 rings (SSSR count). The molecule has 0 aromatic heterocycles. The monoisotopic (exact) mass is 414 g/mol. The summed E-state index contributed by atoms with van der Waals surface area (Å²) < 4.78 is 0. The maximum absolute atomic E-state index is 13.4. The van der Waals surface area contributed by atoms with Crippen molar-refractivity contribution in [3.05, 3.63) is 0 Å². The number of urea groups is 1. The first-order chi connectivity index (χ1) is 14.5. The zero-order valence-corrected chi connectivity index (χ0v) is 17.8. The van der Waals surface area contributed by atoms with E-state index >= 15 is 0 Å². The van der Waals surface area contributed by atoms with Gasteiger partial charge in [0.2, 0.25) is 5.91 Å². The van der Waals surface area contributed by atoms with Gasteiger partial charge in [-0.3, -0.25) is 4.79 Å². The summed E-state index contributed by atoms with van der Waals surface area (Å²) in [6, 6.07) is 2.39. The molecule has 2 unspecified atom stereocenters. The van der Waals surface area contributed by atoms with Crippen LogP contribution >= 0.6 is 0 Å². The topological polar surface area (TPSA) is 96.7 Å². The van der Waals surface area contributed by atoms with Crippen molar-refractivity contribution in [1.29, 1.82) is 5.26 Å². The van der Waals surface area contributed by atoms with Crippen LogP contribution in [0.15, 0.2) is 0 Å². The Morgan fingerprint density at radius 1 is 1.00 bits per heavy atom. The minimum absolute atomic E-state index is 0.0183. The molecule has 4 bridgehead atoms. The van der Waals surface area contributed by atoms with Crippen LogP contribution in [0.2, 0.25) is 0 Å². The molecule has 3 atom stereocenters. The molecule has 30 heavy (non-hydrogen) atoms. The van der Waals surface area contributed by atoms with Crippen molar-refractivity contribution in [2.24, 2.45) is 29.1 Å². The molecule has 0 spiro atoms. The molecule has 2 N–H and O–H groups in total. The van der Waals surface area contributed by atoms with E-state index in [2.05, 4.69) is 11.4 Å². The van der Waals surface area contributed by atoms with Crippen LogP contribution in [0.5, 0.6) is 0 Å². The summed E-state index contributed by atoms with van der Waals surface area (Å²) in [4.78, 5) is 30.1. The number of carbonyl (C=O) groups is 2. The molecule has 164 valence electrons. The number of aliphatic hydroxyl groups is 1. The van der Waals surface area contributed by atoms with Crippen molar-refractivity contribution in [3.8, 4) is 6.07 Å². The smallest absolute Gasteiger partial charge is 0.320 e. The van der Waals surface area contributed by atoms with E-state index in [0.717, 1.165) is 64.3 Å². The number of likely N-dealkylation sites (tertiary alicyclic amines) is 2. The molecule has 4 aliphatic carbocycles. The molecule has 0 aromatic carbocycles. The number of piperidine rings is 2. The van der Waals surface area contributed by atoms with E-state index in [9.17, 15) is 14.7 Å². The van der Waals surface area contributed by atoms with Gasteiger partial charge in [-0.25, -0.2) is 4.79 Å². The molecule has 2 saturated heterocycles. The molecular formula is C23H34N4O3. The third-order valence-electron chi connectivity index (χ3n) is 8.68. The van der Waals surface area contributed by atoms with Gasteiger partial charge >= 0.3 is 6.03 Å². The standard InChI is InChI=1S/C23H34N4O3/c24-13-15-3-6-26(7-4-15)22(30)27-5-1-2-19(14-27)25-21(29)23-10-16-8-17(11-23)20(28)18(9-16)12-23/h15-20,28H,1-12,14H2,(H,25,29)/t16?,17?,18?,19-,20?,23?/m0/s1. The fourth-order valence-corrected chi connectivity index (χ4v) is 7.28. The van der Waals surface area contributed by atoms with Crippen LogP contribution < -0.4 is 5.32 Å². The number of rotatable bonds is 2. The van der Waals surface area contributed by atoms with Crippen LogP contribution in [0.1, 0.15) is 57.8 Å². The number of nitriles is 1. The van der Waals surface area contributed by atoms with Crippen LogP contribution in [0.3, 0.4) is 0 Å². The highest BCUT2D eigenvalue weighted by Gasteiger charge is 2.58. The Labute approximate surface area is 178 Å². The van der Waals surface area contributed by atoms with E-state index in [4.69, 9.17) is 5.26 Å². The number of hydrogen-bond donors (Lipinski definition) is 2. The zero-order chi connectivity index (χ0) is 20.9. The van der Waals surface area contributed by atoms with Crippen molar-refractivity contribution in [3.63, 3.8) is 0 Å². The summed E-state index contributed by atoms with van der Waals surface area (Å²) in [6.45, 7) is 2.63. The Kier molecular flexibility index (Phi) is 5.17. The number of nitrogens with zero attached hydrogens (tertiary/aromatic N) is 3. The number of carbonyl (C=O) groups excluding carboxylic acids is 2. The fourth-order valence-electron chi connectivity index (χ4n) is 7.28. The maximum Gasteiger partial charge on any atom is 0.320 e. The molecule has 3 amide bonds. The minimum Gasteiger partial charge on any atom is -0.393 e. The van der Waals surface area contributed by atoms with Crippen LogP contribution in [0, 0.1) is 40.4 Å². The van der Waals surface area contributed by atoms with Gasteiger partial charge in [-0.05, 0) is 75.5 Å². The molecule has 7 heteroatoms. The van der Waals surface area contributed by atoms with Crippen molar-refractivity contribution in [1.82, 2.24) is 15.1 Å². The summed E-state index contributed by atoms with van der Waals surface area (Å²) in [7, 11) is 0. The Bertz CT molecular complexity index is 725. The second-order valence-corrected chi connectivity index (χ2v) is 10.7. The molecule has 2 heterocycles. The van der Waals surface area contributed by atoms with Crippen molar-refractivity contribution >= 4 is 11.9 Å². The van der Waals surface area contributed by atoms with Gasteiger partial charge in [0, 0.05) is 38.1 Å². The van der Waals surface area contributed by atoms with E-state index in [1.165, 1.54) is 0 Å². The zero-order valence-electron chi connectivity index (χ0n) is 17.8. The fraction of sp³-hybridized carbons (Fsp3) is 0.870. The van der Waals surface area contributed by atoms with Crippen molar-refractivity contribution < 1.29 is 14.7 Å². The lowest BCUT2D eigenvalue weighted by atomic mass is 9.48. The molecule has 6 fully saturated rings. The third-order valence-corrected chi connectivity index (χ3v) is 8.68. The van der Waals surface area contributed by atoms with E-state index in [1.54, 1.807) is 0 Å². The molecule has 0 radical (unpaired) electrons. The molecule has 7 nitrogen and oxygen atoms in total. The van der Waals surface area contributed by atoms with Crippen molar-refractivity contribution in [2.75, 3.05) is 26.2 Å². The highest BCUT2D eigenvalue weighted by atomic mass is 16.3. The number of nitrogens with one attached hydrogen (secondary N) is 1. The second kappa shape index (κ2) is 7.71. The average molecular weight is 415 g/mol. The largest absolute Gasteiger partial charge is 0.393 e. The van der Waals surface area contributed by atoms with Crippen LogP contribution in [-0.2, 0) is 4.79 Å². The van der Waals surface area contributed by atoms with Gasteiger partial charge in [0.15, 0.2) is 0 Å². The lowest BCUT2D eigenvalue weighted by Crippen LogP contribution is -2.61. The molecular weight excluding hydrogens is 380 g/mol. The summed E-state index contributed by atoms with van der Waals surface area (Å²) in [5.41, 5.74) is -0.290. The van der Waals surface area contributed by atoms with Crippen LogP contribution in [-0.4, -0.2) is 65.2 Å². The first-order valence-electron chi connectivity index (χ1n) is 11.9. The SMILES string of the molecule is N#CC1CCN(C(=O)N2CCC[C@H](NC(=O)C34CC5CC(C3)C(O)C(C5)C4)C2)CC1. The van der Waals surface area contributed by atoms with Crippen molar-refractivity contribution in [2.45, 2.75) is 69.9 Å². The van der Waals surface area contributed by atoms with E-state index in [0.29, 0.717) is 37.4 Å². The molecule has 0 aromatic rings. The predicted octanol–water partition coefficient (Wildman–Crippen LogP) is 2.11. The third kappa shape index (κ3) is 3.47. The molecule has 2 aliphatic heterocycles. The quantitative estimate of drug-likeness (QED) is 0.723. The molecule has 6 aliphatic rings. The number of hydrogen-bond acceptors (Lipinski definition) is 4. The number of aliphatic hydroxyl groups excluding tert-OH is 1. The van der Waals surface area contributed by atoms with Gasteiger partial charge < -0.3 is 20.2 Å². The Morgan fingerprint density at radius 2 is 1.70 bits per heavy atom. The Morgan fingerprint density at radius 3 is 2.37 bits per heavy atom. The van der Waals surface area contributed by atoms with Crippen LogP contribution in [0.25, 0.3) is 0 Å². The van der Waals surface area contributed by atoms with Gasteiger partial charge in [-0.15, -0.1) is 0 Å². The predicted molar refractivity (Wildman–Crippen MR) is 110 cm³/mol. The maximum atomic E-state index is 13.4. The summed E-state index contributed by atoms with van der Waals surface area (Å²) in [5, 5.41) is 22.9. The normalized spacial score (nSPS) is 40.9. The van der Waals surface area contributed by atoms with Gasteiger partial charge in [0.05, 0.1) is 17.6 Å². The minimum atomic E-state index is -0.290. The Hall–Kier alpha value is -1.81. The summed E-state index contributed by atoms with van der Waals surface area (Å²) in [5.74, 6) is 1.42. The van der Waals surface area contributed by atoms with E-state index in [1.807, 2.05) is 9.80 Å². The van der Waals surface area contributed by atoms with Crippen LogP contribution in [0.4, 0.5) is 4.79 Å². The first-order valence-corrected chi connectivity index (χ1v) is 11.9. The summed E-state index contributed by atoms with van der Waals surface area (Å²) >= 11 is 0. The highest BCUT2D eigenvalue weighted by Crippen LogP contribution is 2.60. The lowest BCUT2D eigenvalue weighted by Gasteiger charge is -2.58. The van der Waals surface area contributed by atoms with Gasteiger partial charge in [-0.2, -0.15) is 5.26 Å². The van der Waals surface area contributed by atoms with Gasteiger partial charge in [-0.1, -0.05) is 0 Å². The van der Waals surface area contributed by atoms with Gasteiger partial charge in [0.25, 0.3) is 0 Å². The average Bonchev–Trinajstić information content (AvgIpc) is 2.76.